The van der Waals surface area contributed by atoms with Gasteiger partial charge in [0.15, 0.2) is 16.7 Å². The van der Waals surface area contributed by atoms with Gasteiger partial charge < -0.3 is 19.5 Å². The van der Waals surface area contributed by atoms with Crippen molar-refractivity contribution in [1.29, 1.82) is 0 Å². The van der Waals surface area contributed by atoms with Crippen LogP contribution in [0, 0.1) is 0 Å². The molecule has 2 heterocycles. The van der Waals surface area contributed by atoms with Crippen LogP contribution in [0.25, 0.3) is 16.6 Å². The predicted octanol–water partition coefficient (Wildman–Crippen LogP) is 4.24. The second-order valence-corrected chi connectivity index (χ2v) is 8.88. The van der Waals surface area contributed by atoms with Gasteiger partial charge in [0.05, 0.1) is 29.0 Å². The van der Waals surface area contributed by atoms with E-state index in [4.69, 9.17) is 19.2 Å². The van der Waals surface area contributed by atoms with E-state index in [0.29, 0.717) is 44.7 Å². The van der Waals surface area contributed by atoms with Crippen molar-refractivity contribution < 1.29 is 19.0 Å². The van der Waals surface area contributed by atoms with Gasteiger partial charge in [-0.25, -0.2) is 4.98 Å². The quantitative estimate of drug-likeness (QED) is 0.329. The number of hydrogen-bond acceptors (Lipinski definition) is 7. The Morgan fingerprint density at radius 2 is 1.91 bits per heavy atom. The van der Waals surface area contributed by atoms with E-state index in [0.717, 1.165) is 0 Å². The molecular formula is C25H21N3O5S. The van der Waals surface area contributed by atoms with Gasteiger partial charge >= 0.3 is 0 Å². The Kier molecular flexibility index (Phi) is 5.85. The first-order chi connectivity index (χ1) is 16.5. The molecule has 8 nitrogen and oxygen atoms in total. The smallest absolute Gasteiger partial charge is 0.266 e. The van der Waals surface area contributed by atoms with Crippen LogP contribution in [-0.4, -0.2) is 34.6 Å². The molecule has 1 aromatic heterocycles. The van der Waals surface area contributed by atoms with Crippen molar-refractivity contribution in [1.82, 2.24) is 9.55 Å². The molecule has 4 aromatic rings. The molecule has 3 aromatic carbocycles. The Labute approximate surface area is 199 Å². The van der Waals surface area contributed by atoms with Crippen molar-refractivity contribution >= 4 is 34.3 Å². The largest absolute Gasteiger partial charge is 0.497 e. The Morgan fingerprint density at radius 1 is 1.09 bits per heavy atom. The van der Waals surface area contributed by atoms with Gasteiger partial charge in [0.2, 0.25) is 12.7 Å². The molecule has 1 N–H and O–H groups in total. The Hall–Kier alpha value is -3.98. The second-order valence-electron chi connectivity index (χ2n) is 7.57. The van der Waals surface area contributed by atoms with Crippen LogP contribution in [0.4, 0.5) is 5.69 Å². The van der Waals surface area contributed by atoms with Crippen LogP contribution in [0.15, 0.2) is 76.7 Å². The van der Waals surface area contributed by atoms with Gasteiger partial charge in [-0.2, -0.15) is 0 Å². The van der Waals surface area contributed by atoms with Crippen LogP contribution in [0.3, 0.4) is 0 Å². The van der Waals surface area contributed by atoms with Gasteiger partial charge in [-0.1, -0.05) is 30.0 Å². The van der Waals surface area contributed by atoms with Crippen molar-refractivity contribution in [2.45, 2.75) is 17.3 Å². The lowest BCUT2D eigenvalue weighted by Gasteiger charge is -2.17. The van der Waals surface area contributed by atoms with Crippen LogP contribution < -0.4 is 25.1 Å². The first-order valence-electron chi connectivity index (χ1n) is 10.6. The number of carbonyl (C=O) groups is 1. The summed E-state index contributed by atoms with van der Waals surface area (Å²) in [7, 11) is 1.57. The summed E-state index contributed by atoms with van der Waals surface area (Å²) in [5.74, 6) is 1.61. The van der Waals surface area contributed by atoms with E-state index in [1.165, 1.54) is 16.3 Å². The summed E-state index contributed by atoms with van der Waals surface area (Å²) < 4.78 is 17.5. The number of ether oxygens (including phenoxy) is 3. The van der Waals surface area contributed by atoms with Crippen molar-refractivity contribution in [3.05, 3.63) is 77.1 Å². The Balaban J connectivity index is 1.48. The van der Waals surface area contributed by atoms with Gasteiger partial charge in [0.25, 0.3) is 5.56 Å². The minimum absolute atomic E-state index is 0.161. The zero-order valence-electron chi connectivity index (χ0n) is 18.5. The molecule has 0 saturated carbocycles. The van der Waals surface area contributed by atoms with E-state index < -0.39 is 5.25 Å². The van der Waals surface area contributed by atoms with E-state index in [1.54, 1.807) is 68.6 Å². The van der Waals surface area contributed by atoms with Gasteiger partial charge in [0.1, 0.15) is 5.75 Å². The lowest BCUT2D eigenvalue weighted by Crippen LogP contribution is -2.26. The van der Waals surface area contributed by atoms with Gasteiger partial charge in [0, 0.05) is 17.8 Å². The first-order valence-corrected chi connectivity index (χ1v) is 11.4. The third kappa shape index (κ3) is 4.17. The molecule has 1 unspecified atom stereocenters. The number of aromatic nitrogens is 2. The lowest BCUT2D eigenvalue weighted by molar-refractivity contribution is -0.115. The number of carbonyl (C=O) groups excluding carboxylic acids is 1. The minimum Gasteiger partial charge on any atom is -0.497 e. The maximum absolute atomic E-state index is 13.4. The normalized spacial score (nSPS) is 13.0. The molecule has 0 bridgehead atoms. The van der Waals surface area contributed by atoms with E-state index in [-0.39, 0.29) is 18.3 Å². The van der Waals surface area contributed by atoms with Crippen molar-refractivity contribution in [2.24, 2.45) is 0 Å². The molecule has 1 aliphatic rings. The topological polar surface area (TPSA) is 91.7 Å². The third-order valence-corrected chi connectivity index (χ3v) is 6.40. The molecule has 172 valence electrons. The molecule has 0 fully saturated rings. The third-order valence-electron chi connectivity index (χ3n) is 5.35. The van der Waals surface area contributed by atoms with Crippen molar-refractivity contribution in [3.8, 4) is 22.9 Å². The van der Waals surface area contributed by atoms with Crippen molar-refractivity contribution in [2.75, 3.05) is 19.2 Å². The monoisotopic (exact) mass is 475 g/mol. The number of methoxy groups -OCH3 is 1. The van der Waals surface area contributed by atoms with Crippen LogP contribution in [-0.2, 0) is 4.79 Å². The van der Waals surface area contributed by atoms with Crippen LogP contribution in [0.2, 0.25) is 0 Å². The zero-order valence-corrected chi connectivity index (χ0v) is 19.3. The summed E-state index contributed by atoms with van der Waals surface area (Å²) in [5.41, 5.74) is 1.55. The number of amides is 1. The second kappa shape index (κ2) is 9.11. The molecule has 0 saturated heterocycles. The molecule has 0 aliphatic carbocycles. The zero-order chi connectivity index (χ0) is 23.7. The number of rotatable bonds is 6. The summed E-state index contributed by atoms with van der Waals surface area (Å²) in [5, 5.41) is 3.24. The van der Waals surface area contributed by atoms with E-state index >= 15 is 0 Å². The minimum atomic E-state index is -0.546. The standard InChI is InChI=1S/C25H21N3O5S/c1-15(23(29)26-16-10-11-21-22(12-16)33-14-32-21)34-25-27-20-9-4-3-8-19(20)24(30)28(25)17-6-5-7-18(13-17)31-2/h3-13,15H,14H2,1-2H3,(H,26,29). The molecule has 9 heteroatoms. The fourth-order valence-corrected chi connectivity index (χ4v) is 4.53. The number of fused-ring (bicyclic) bond motifs is 2. The highest BCUT2D eigenvalue weighted by Gasteiger charge is 2.22. The summed E-state index contributed by atoms with van der Waals surface area (Å²) in [6.45, 7) is 1.93. The fourth-order valence-electron chi connectivity index (χ4n) is 3.60. The SMILES string of the molecule is COc1cccc(-n2c(SC(C)C(=O)Nc3ccc4c(c3)OCO4)nc3ccccc3c2=O)c1. The van der Waals surface area contributed by atoms with Gasteiger partial charge in [-0.3, -0.25) is 14.2 Å². The predicted molar refractivity (Wildman–Crippen MR) is 130 cm³/mol. The Bertz CT molecular complexity index is 1450. The maximum Gasteiger partial charge on any atom is 0.266 e. The lowest BCUT2D eigenvalue weighted by atomic mass is 10.2. The Morgan fingerprint density at radius 3 is 2.76 bits per heavy atom. The maximum atomic E-state index is 13.4. The molecule has 34 heavy (non-hydrogen) atoms. The van der Waals surface area contributed by atoms with Crippen molar-refractivity contribution in [3.63, 3.8) is 0 Å². The van der Waals surface area contributed by atoms with Crippen LogP contribution in [0.5, 0.6) is 17.2 Å². The number of benzene rings is 3. The van der Waals surface area contributed by atoms with E-state index in [1.807, 2.05) is 12.1 Å². The molecule has 0 spiro atoms. The fraction of sp³-hybridized carbons (Fsp3) is 0.160. The van der Waals surface area contributed by atoms with Gasteiger partial charge in [-0.05, 0) is 43.3 Å². The number of hydrogen-bond donors (Lipinski definition) is 1. The summed E-state index contributed by atoms with van der Waals surface area (Å²) in [4.78, 5) is 31.1. The molecule has 5 rings (SSSR count). The van der Waals surface area contributed by atoms with Crippen LogP contribution in [0.1, 0.15) is 6.92 Å². The van der Waals surface area contributed by atoms with E-state index in [2.05, 4.69) is 5.32 Å². The number of thioether (sulfide) groups is 1. The summed E-state index contributed by atoms with van der Waals surface area (Å²) in [6.07, 6.45) is 0. The molecule has 1 amide bonds. The summed E-state index contributed by atoms with van der Waals surface area (Å²) >= 11 is 1.20. The number of anilines is 1. The first kappa shape index (κ1) is 21.8. The molecule has 1 aliphatic heterocycles. The average molecular weight is 476 g/mol. The number of nitrogens with zero attached hydrogens (tertiary/aromatic N) is 2. The molecule has 0 radical (unpaired) electrons. The highest BCUT2D eigenvalue weighted by atomic mass is 32.2. The molecule has 1 atom stereocenters. The summed E-state index contributed by atoms with van der Waals surface area (Å²) in [6, 6.07) is 19.6. The van der Waals surface area contributed by atoms with Gasteiger partial charge in [-0.15, -0.1) is 0 Å². The van der Waals surface area contributed by atoms with E-state index in [9.17, 15) is 9.59 Å². The highest BCUT2D eigenvalue weighted by molar-refractivity contribution is 8.00. The van der Waals surface area contributed by atoms with Crippen LogP contribution >= 0.6 is 11.8 Å². The number of nitrogens with one attached hydrogen (secondary N) is 1. The highest BCUT2D eigenvalue weighted by Crippen LogP contribution is 2.34. The average Bonchev–Trinajstić information content (AvgIpc) is 3.32. The molecular weight excluding hydrogens is 454 g/mol. The number of para-hydroxylation sites is 1.